The lowest BCUT2D eigenvalue weighted by Gasteiger charge is -2.40. The van der Waals surface area contributed by atoms with Crippen LogP contribution in [-0.2, 0) is 24.5 Å². The average molecular weight is 811 g/mol. The van der Waals surface area contributed by atoms with E-state index in [0.29, 0.717) is 22.6 Å². The van der Waals surface area contributed by atoms with Gasteiger partial charge in [0.05, 0.1) is 27.9 Å². The third-order valence-corrected chi connectivity index (χ3v) is 12.1. The van der Waals surface area contributed by atoms with Gasteiger partial charge in [-0.05, 0) is 64.6 Å². The summed E-state index contributed by atoms with van der Waals surface area (Å²) in [6.45, 7) is 3.75. The molecule has 0 saturated heterocycles. The third-order valence-electron chi connectivity index (χ3n) is 9.40. The molecule has 0 amide bonds. The zero-order valence-corrected chi connectivity index (χ0v) is 34.1. The molecular weight excluding hydrogens is 765 g/mol. The number of benzene rings is 6. The van der Waals surface area contributed by atoms with Crippen molar-refractivity contribution in [3.63, 3.8) is 0 Å². The number of carbonyl (C=O) groups excluding carboxylic acids is 3. The Kier molecular flexibility index (Phi) is 15.4. The van der Waals surface area contributed by atoms with Gasteiger partial charge in [-0.3, -0.25) is 0 Å². The molecule has 0 heterocycles. The minimum Gasteiger partial charge on any atom is -0.453 e. The molecular formula is C49H46O7S2. The molecule has 0 aromatic heterocycles. The van der Waals surface area contributed by atoms with Crippen molar-refractivity contribution < 1.29 is 33.3 Å². The van der Waals surface area contributed by atoms with Crippen LogP contribution in [0.25, 0.3) is 0 Å². The van der Waals surface area contributed by atoms with Crippen LogP contribution in [0.3, 0.4) is 0 Å². The molecule has 0 fully saturated rings. The lowest BCUT2D eigenvalue weighted by Crippen LogP contribution is -2.52. The largest absolute Gasteiger partial charge is 0.453 e. The van der Waals surface area contributed by atoms with Gasteiger partial charge in [-0.15, -0.1) is 23.5 Å². The number of carbonyl (C=O) groups is 3. The van der Waals surface area contributed by atoms with Crippen molar-refractivity contribution in [2.45, 2.75) is 42.3 Å². The predicted octanol–water partition coefficient (Wildman–Crippen LogP) is 10.5. The summed E-state index contributed by atoms with van der Waals surface area (Å²) in [7, 11) is 0. The molecule has 0 aliphatic rings. The second-order valence-electron chi connectivity index (χ2n) is 13.2. The maximum absolute atomic E-state index is 14.2. The highest BCUT2D eigenvalue weighted by molar-refractivity contribution is 8.17. The summed E-state index contributed by atoms with van der Waals surface area (Å²) in [5.41, 5.74) is 2.16. The molecule has 0 bridgehead atoms. The molecule has 6 aromatic rings. The second kappa shape index (κ2) is 21.2. The quantitative estimate of drug-likeness (QED) is 0.0343. The first-order chi connectivity index (χ1) is 28.4. The minimum absolute atomic E-state index is 0.274. The van der Waals surface area contributed by atoms with Crippen LogP contribution in [0.4, 0.5) is 0 Å². The highest BCUT2D eigenvalue weighted by Crippen LogP contribution is 2.41. The van der Waals surface area contributed by atoms with Gasteiger partial charge in [0.2, 0.25) is 0 Å². The summed E-state index contributed by atoms with van der Waals surface area (Å²) >= 11 is 3.12. The molecule has 58 heavy (non-hydrogen) atoms. The van der Waals surface area contributed by atoms with E-state index in [-0.39, 0.29) is 12.2 Å². The van der Waals surface area contributed by atoms with Crippen LogP contribution in [-0.4, -0.2) is 58.9 Å². The van der Waals surface area contributed by atoms with Gasteiger partial charge < -0.3 is 18.9 Å². The van der Waals surface area contributed by atoms with Crippen molar-refractivity contribution >= 4 is 41.4 Å². The van der Waals surface area contributed by atoms with Gasteiger partial charge in [0.25, 0.3) is 0 Å². The van der Waals surface area contributed by atoms with E-state index in [2.05, 4.69) is 0 Å². The van der Waals surface area contributed by atoms with Crippen molar-refractivity contribution in [2.24, 2.45) is 0 Å². The van der Waals surface area contributed by atoms with E-state index in [9.17, 15) is 14.4 Å². The fourth-order valence-corrected chi connectivity index (χ4v) is 9.34. The highest BCUT2D eigenvalue weighted by atomic mass is 32.2. The van der Waals surface area contributed by atoms with Crippen molar-refractivity contribution in [3.8, 4) is 0 Å². The Morgan fingerprint density at radius 3 is 1.10 bits per heavy atom. The topological polar surface area (TPSA) is 88.1 Å². The lowest BCUT2D eigenvalue weighted by atomic mass is 9.80. The van der Waals surface area contributed by atoms with E-state index in [4.69, 9.17) is 18.9 Å². The number of ether oxygens (including phenoxy) is 4. The van der Waals surface area contributed by atoms with Crippen LogP contribution >= 0.6 is 23.5 Å². The van der Waals surface area contributed by atoms with Gasteiger partial charge in [-0.25, -0.2) is 14.4 Å². The summed E-state index contributed by atoms with van der Waals surface area (Å²) in [6.07, 6.45) is -3.73. The monoisotopic (exact) mass is 810 g/mol. The Morgan fingerprint density at radius 2 is 0.759 bits per heavy atom. The third kappa shape index (κ3) is 10.5. The van der Waals surface area contributed by atoms with Crippen LogP contribution in [0, 0.1) is 0 Å². The van der Waals surface area contributed by atoms with Crippen molar-refractivity contribution in [3.05, 3.63) is 215 Å². The maximum atomic E-state index is 14.2. The molecule has 6 aromatic carbocycles. The fourth-order valence-electron chi connectivity index (χ4n) is 6.68. The molecule has 7 nitrogen and oxygen atoms in total. The molecule has 0 spiro atoms. The molecule has 0 saturated carbocycles. The first-order valence-corrected chi connectivity index (χ1v) is 21.4. The minimum atomic E-state index is -1.34. The Balaban J connectivity index is 1.53. The smallest absolute Gasteiger partial charge is 0.338 e. The van der Waals surface area contributed by atoms with Crippen molar-refractivity contribution in [1.82, 2.24) is 0 Å². The average Bonchev–Trinajstić information content (AvgIpc) is 3.29. The molecule has 0 radical (unpaired) electrons. The van der Waals surface area contributed by atoms with Crippen LogP contribution in [0.15, 0.2) is 182 Å². The summed E-state index contributed by atoms with van der Waals surface area (Å²) in [4.78, 5) is 42.5. The van der Waals surface area contributed by atoms with Crippen LogP contribution in [0.5, 0.6) is 0 Å². The van der Waals surface area contributed by atoms with Gasteiger partial charge >= 0.3 is 17.9 Å². The first-order valence-electron chi connectivity index (χ1n) is 19.3. The summed E-state index contributed by atoms with van der Waals surface area (Å²) < 4.78 is 26.2. The molecule has 3 atom stereocenters. The number of hydrogen-bond donors (Lipinski definition) is 0. The predicted molar refractivity (Wildman–Crippen MR) is 232 cm³/mol. The Bertz CT molecular complexity index is 2050. The number of esters is 3. The van der Waals surface area contributed by atoms with Gasteiger partial charge in [0.15, 0.2) is 18.3 Å². The maximum Gasteiger partial charge on any atom is 0.338 e. The second-order valence-corrected chi connectivity index (χ2v) is 16.3. The van der Waals surface area contributed by atoms with Gasteiger partial charge in [0, 0.05) is 0 Å². The Hall–Kier alpha value is -5.61. The van der Waals surface area contributed by atoms with E-state index in [1.54, 1.807) is 102 Å². The van der Waals surface area contributed by atoms with Crippen LogP contribution < -0.4 is 0 Å². The van der Waals surface area contributed by atoms with Crippen molar-refractivity contribution in [2.75, 3.05) is 18.1 Å². The highest BCUT2D eigenvalue weighted by Gasteiger charge is 2.46. The standard InChI is InChI=1S/C49H46O7S2/c1-3-57-48(58-4-2)44(56-47(52)38-27-15-7-16-28-38)43(55-46(51)37-25-13-6-14-26-37)42(54-45(50)36-23-11-5-12-24-36)35-53-49(39-29-17-8-18-30-39,40-31-19-9-20-32-40)41-33-21-10-22-34-41/h5-34,42-44,48H,3-4,35H2,1-2H3/t42-,43-,44+/m1/s1. The van der Waals surface area contributed by atoms with Crippen LogP contribution in [0.1, 0.15) is 61.6 Å². The number of rotatable bonds is 19. The molecule has 9 heteroatoms. The van der Waals surface area contributed by atoms with Gasteiger partial charge in [-0.2, -0.15) is 0 Å². The first kappa shape index (κ1) is 42.0. The van der Waals surface area contributed by atoms with E-state index in [1.807, 2.05) is 117 Å². The Labute approximate surface area is 349 Å². The van der Waals surface area contributed by atoms with Gasteiger partial charge in [-0.1, -0.05) is 159 Å². The zero-order valence-electron chi connectivity index (χ0n) is 32.4. The molecule has 6 rings (SSSR count). The molecule has 0 unspecified atom stereocenters. The van der Waals surface area contributed by atoms with Crippen LogP contribution in [0.2, 0.25) is 0 Å². The van der Waals surface area contributed by atoms with E-state index in [0.717, 1.165) is 16.7 Å². The summed E-state index contributed by atoms with van der Waals surface area (Å²) in [5.74, 6) is -0.600. The summed E-state index contributed by atoms with van der Waals surface area (Å²) in [5, 5.41) is 0. The summed E-state index contributed by atoms with van der Waals surface area (Å²) in [6, 6.07) is 55.3. The molecule has 0 aliphatic carbocycles. The molecule has 0 aliphatic heterocycles. The number of thioether (sulfide) groups is 2. The van der Waals surface area contributed by atoms with E-state index >= 15 is 0 Å². The molecule has 296 valence electrons. The number of hydrogen-bond acceptors (Lipinski definition) is 9. The van der Waals surface area contributed by atoms with Gasteiger partial charge in [0.1, 0.15) is 5.60 Å². The SMILES string of the molecule is CCSC(SCC)[C@@H](OC(=O)c1ccccc1)[C@H](OC(=O)c1ccccc1)[C@@H](COC(c1ccccc1)(c1ccccc1)c1ccccc1)OC(=O)c1ccccc1. The lowest BCUT2D eigenvalue weighted by molar-refractivity contribution is -0.120. The normalized spacial score (nSPS) is 12.9. The van der Waals surface area contributed by atoms with E-state index in [1.165, 1.54) is 0 Å². The Morgan fingerprint density at radius 1 is 0.448 bits per heavy atom. The molecule has 0 N–H and O–H groups in total. The zero-order chi connectivity index (χ0) is 40.6. The van der Waals surface area contributed by atoms with Crippen molar-refractivity contribution in [1.29, 1.82) is 0 Å². The fraction of sp³-hybridized carbons (Fsp3) is 0.204. The van der Waals surface area contributed by atoms with E-state index < -0.39 is 46.4 Å².